The third kappa shape index (κ3) is 4.02. The first-order valence-corrected chi connectivity index (χ1v) is 10.1. The van der Waals surface area contributed by atoms with E-state index in [0.717, 1.165) is 0 Å². The fourth-order valence-corrected chi connectivity index (χ4v) is 4.32. The van der Waals surface area contributed by atoms with Crippen LogP contribution in [0.1, 0.15) is 32.1 Å². The highest BCUT2D eigenvalue weighted by molar-refractivity contribution is 14.1. The minimum Gasteiger partial charge on any atom is -0.409 e. The number of hydrogen-bond donors (Lipinski definition) is 0. The maximum atomic E-state index is 6.35. The molecule has 1 aliphatic rings. The van der Waals surface area contributed by atoms with Crippen molar-refractivity contribution in [2.75, 3.05) is 0 Å². The van der Waals surface area contributed by atoms with Crippen LogP contribution >= 0.6 is 22.6 Å². The van der Waals surface area contributed by atoms with Crippen LogP contribution in [0.3, 0.4) is 0 Å². The Morgan fingerprint density at radius 1 is 1.14 bits per heavy atom. The third-order valence-electron chi connectivity index (χ3n) is 2.58. The van der Waals surface area contributed by atoms with E-state index in [1.165, 1.54) is 32.1 Å². The Morgan fingerprint density at radius 3 is 2.14 bits per heavy atom. The van der Waals surface area contributed by atoms with Gasteiger partial charge in [0.1, 0.15) is 0 Å². The predicted octanol–water partition coefficient (Wildman–Crippen LogP) is 4.49. The first-order valence-electron chi connectivity index (χ1n) is 5.46. The van der Waals surface area contributed by atoms with Crippen molar-refractivity contribution >= 4 is 30.9 Å². The molecule has 0 atom stereocenters. The first kappa shape index (κ1) is 12.7. The van der Waals surface area contributed by atoms with Gasteiger partial charge < -0.3 is 4.43 Å². The second kappa shape index (κ2) is 5.12. The molecule has 0 unspecified atom stereocenters. The van der Waals surface area contributed by atoms with E-state index in [2.05, 4.69) is 52.4 Å². The van der Waals surface area contributed by atoms with Gasteiger partial charge in [0.15, 0.2) is 8.32 Å². The van der Waals surface area contributed by atoms with Gasteiger partial charge in [-0.2, -0.15) is 0 Å². The van der Waals surface area contributed by atoms with Crippen molar-refractivity contribution in [3.05, 3.63) is 10.2 Å². The Bertz CT molecular complexity index is 202. The average molecular weight is 324 g/mol. The van der Waals surface area contributed by atoms with Gasteiger partial charge in [0.25, 0.3) is 0 Å². The highest BCUT2D eigenvalue weighted by Gasteiger charge is 2.34. The number of halogens is 1. The minimum atomic E-state index is -1.41. The van der Waals surface area contributed by atoms with Crippen molar-refractivity contribution in [1.29, 1.82) is 0 Å². The molecule has 0 aliphatic heterocycles. The maximum absolute atomic E-state index is 6.35. The van der Waals surface area contributed by atoms with Crippen molar-refractivity contribution < 1.29 is 4.43 Å². The lowest BCUT2D eigenvalue weighted by Gasteiger charge is -2.39. The summed E-state index contributed by atoms with van der Waals surface area (Å²) < 4.78 is 8.48. The van der Waals surface area contributed by atoms with E-state index in [0.29, 0.717) is 0 Å². The molecule has 1 nitrogen and oxygen atoms in total. The summed E-state index contributed by atoms with van der Waals surface area (Å²) in [5, 5.41) is 0. The van der Waals surface area contributed by atoms with Crippen LogP contribution in [-0.4, -0.2) is 13.9 Å². The number of hydrogen-bond acceptors (Lipinski definition) is 1. The first-order chi connectivity index (χ1) is 6.47. The summed E-state index contributed by atoms with van der Waals surface area (Å²) in [5.74, 6) is 0. The SMILES string of the molecule is C[Si](C)(C)OC1(C=CI)CCCCC1. The lowest BCUT2D eigenvalue weighted by molar-refractivity contribution is 0.0702. The molecule has 0 heterocycles. The lowest BCUT2D eigenvalue weighted by Crippen LogP contribution is -2.42. The fourth-order valence-electron chi connectivity index (χ4n) is 2.18. The molecule has 1 fully saturated rings. The maximum Gasteiger partial charge on any atom is 0.184 e. The van der Waals surface area contributed by atoms with Crippen LogP contribution in [0.2, 0.25) is 19.6 Å². The van der Waals surface area contributed by atoms with Gasteiger partial charge in [-0.1, -0.05) is 41.9 Å². The van der Waals surface area contributed by atoms with Crippen molar-refractivity contribution in [3.63, 3.8) is 0 Å². The van der Waals surface area contributed by atoms with Gasteiger partial charge in [0, 0.05) is 0 Å². The summed E-state index contributed by atoms with van der Waals surface area (Å²) in [7, 11) is -1.41. The van der Waals surface area contributed by atoms with E-state index in [4.69, 9.17) is 4.43 Å². The summed E-state index contributed by atoms with van der Waals surface area (Å²) in [6.45, 7) is 6.85. The minimum absolute atomic E-state index is 0.0872. The van der Waals surface area contributed by atoms with Gasteiger partial charge >= 0.3 is 0 Å². The van der Waals surface area contributed by atoms with E-state index in [1.54, 1.807) is 0 Å². The largest absolute Gasteiger partial charge is 0.409 e. The standard InChI is InChI=1S/C11H21IOSi/c1-14(2,3)13-11(9-10-12)7-5-4-6-8-11/h9-10H,4-8H2,1-3H3. The average Bonchev–Trinajstić information content (AvgIpc) is 2.02. The quantitative estimate of drug-likeness (QED) is 0.549. The van der Waals surface area contributed by atoms with Crippen LogP contribution in [-0.2, 0) is 4.43 Å². The van der Waals surface area contributed by atoms with E-state index < -0.39 is 8.32 Å². The zero-order valence-corrected chi connectivity index (χ0v) is 12.6. The number of rotatable bonds is 3. The zero-order chi connectivity index (χ0) is 10.7. The Kier molecular flexibility index (Phi) is 4.65. The molecule has 0 bridgehead atoms. The zero-order valence-electron chi connectivity index (χ0n) is 9.48. The molecular weight excluding hydrogens is 303 g/mol. The van der Waals surface area contributed by atoms with Gasteiger partial charge in [-0.25, -0.2) is 0 Å². The second-order valence-electron chi connectivity index (χ2n) is 5.13. The summed E-state index contributed by atoms with van der Waals surface area (Å²) in [4.78, 5) is 0. The molecule has 3 heteroatoms. The highest BCUT2D eigenvalue weighted by atomic mass is 127. The molecule has 0 N–H and O–H groups in total. The van der Waals surface area contributed by atoms with Gasteiger partial charge in [-0.3, -0.25) is 0 Å². The Morgan fingerprint density at radius 2 is 1.71 bits per heavy atom. The van der Waals surface area contributed by atoms with Crippen LogP contribution in [0.4, 0.5) is 0 Å². The molecule has 0 radical (unpaired) electrons. The van der Waals surface area contributed by atoms with Crippen molar-refractivity contribution in [2.24, 2.45) is 0 Å². The summed E-state index contributed by atoms with van der Waals surface area (Å²) in [6.07, 6.45) is 8.75. The fraction of sp³-hybridized carbons (Fsp3) is 0.818. The Balaban J connectivity index is 2.70. The van der Waals surface area contributed by atoms with Crippen molar-refractivity contribution in [2.45, 2.75) is 57.3 Å². The Hall–Kier alpha value is 0.647. The van der Waals surface area contributed by atoms with E-state index >= 15 is 0 Å². The molecule has 0 aromatic rings. The van der Waals surface area contributed by atoms with Crippen molar-refractivity contribution in [1.82, 2.24) is 0 Å². The lowest BCUT2D eigenvalue weighted by atomic mass is 9.85. The summed E-state index contributed by atoms with van der Waals surface area (Å²) in [5.41, 5.74) is 0.0872. The second-order valence-corrected chi connectivity index (χ2v) is 10.3. The van der Waals surface area contributed by atoms with Crippen LogP contribution in [0, 0.1) is 0 Å². The molecule has 14 heavy (non-hydrogen) atoms. The van der Waals surface area contributed by atoms with Gasteiger partial charge in [0.2, 0.25) is 0 Å². The molecule has 0 saturated heterocycles. The van der Waals surface area contributed by atoms with E-state index in [-0.39, 0.29) is 5.60 Å². The smallest absolute Gasteiger partial charge is 0.184 e. The molecule has 1 aliphatic carbocycles. The molecule has 0 amide bonds. The molecule has 1 rings (SSSR count). The van der Waals surface area contributed by atoms with Crippen LogP contribution in [0.25, 0.3) is 0 Å². The topological polar surface area (TPSA) is 9.23 Å². The van der Waals surface area contributed by atoms with Gasteiger partial charge in [-0.05, 0) is 42.6 Å². The van der Waals surface area contributed by atoms with Gasteiger partial charge in [0.05, 0.1) is 5.60 Å². The summed E-state index contributed by atoms with van der Waals surface area (Å²) in [6, 6.07) is 0. The van der Waals surface area contributed by atoms with E-state index in [1.807, 2.05) is 0 Å². The van der Waals surface area contributed by atoms with Crippen LogP contribution in [0.15, 0.2) is 10.2 Å². The molecule has 0 aromatic heterocycles. The molecule has 1 saturated carbocycles. The van der Waals surface area contributed by atoms with Crippen LogP contribution < -0.4 is 0 Å². The molecule has 0 aromatic carbocycles. The molecular formula is C11H21IOSi. The third-order valence-corrected chi connectivity index (χ3v) is 3.95. The highest BCUT2D eigenvalue weighted by Crippen LogP contribution is 2.35. The molecule has 0 spiro atoms. The monoisotopic (exact) mass is 324 g/mol. The van der Waals surface area contributed by atoms with Crippen LogP contribution in [0.5, 0.6) is 0 Å². The van der Waals surface area contributed by atoms with Crippen molar-refractivity contribution in [3.8, 4) is 0 Å². The molecule has 82 valence electrons. The normalized spacial score (nSPS) is 22.9. The van der Waals surface area contributed by atoms with Gasteiger partial charge in [-0.15, -0.1) is 0 Å². The summed E-state index contributed by atoms with van der Waals surface area (Å²) >= 11 is 2.31. The predicted molar refractivity (Wildman–Crippen MR) is 73.4 cm³/mol. The Labute approximate surface area is 103 Å². The van der Waals surface area contributed by atoms with E-state index in [9.17, 15) is 0 Å².